The van der Waals surface area contributed by atoms with E-state index in [1.807, 2.05) is 5.32 Å². The molecule has 1 aromatic rings. The van der Waals surface area contributed by atoms with E-state index in [4.69, 9.17) is 5.11 Å². The molecule has 0 aliphatic rings. The van der Waals surface area contributed by atoms with E-state index in [0.29, 0.717) is 0 Å². The molecule has 0 heterocycles. The molecule has 2 N–H and O–H groups in total. The fraction of sp³-hybridized carbons (Fsp3) is 0.111. The second-order valence-electron chi connectivity index (χ2n) is 2.86. The zero-order valence-electron chi connectivity index (χ0n) is 7.76. The zero-order chi connectivity index (χ0) is 12.3. The zero-order valence-corrected chi connectivity index (χ0v) is 9.35. The quantitative estimate of drug-likeness (QED) is 0.663. The Bertz CT molecular complexity index is 451. The highest BCUT2D eigenvalue weighted by Crippen LogP contribution is 2.23. The average Bonchev–Trinajstić information content (AvgIpc) is 2.12. The molecule has 1 amide bonds. The summed E-state index contributed by atoms with van der Waals surface area (Å²) in [6.07, 6.45) is -0.808. The van der Waals surface area contributed by atoms with Crippen molar-refractivity contribution in [2.75, 3.05) is 5.32 Å². The summed E-state index contributed by atoms with van der Waals surface area (Å²) in [4.78, 5) is 21.1. The third-order valence-corrected chi connectivity index (χ3v) is 2.20. The number of amides is 1. The molecule has 0 bridgehead atoms. The van der Waals surface area contributed by atoms with Gasteiger partial charge in [-0.25, -0.2) is 8.78 Å². The van der Waals surface area contributed by atoms with Crippen LogP contribution in [-0.4, -0.2) is 17.0 Å². The van der Waals surface area contributed by atoms with Crippen molar-refractivity contribution in [1.29, 1.82) is 0 Å². The van der Waals surface area contributed by atoms with Crippen LogP contribution in [-0.2, 0) is 9.59 Å². The highest BCUT2D eigenvalue weighted by Gasteiger charge is 2.13. The van der Waals surface area contributed by atoms with Crippen LogP contribution in [0, 0.1) is 11.6 Å². The highest BCUT2D eigenvalue weighted by atomic mass is 79.9. The van der Waals surface area contributed by atoms with Gasteiger partial charge in [0.1, 0.15) is 18.1 Å². The first kappa shape index (κ1) is 12.6. The van der Waals surface area contributed by atoms with Crippen molar-refractivity contribution < 1.29 is 23.5 Å². The normalized spacial score (nSPS) is 9.94. The number of anilines is 1. The van der Waals surface area contributed by atoms with Crippen LogP contribution in [0.3, 0.4) is 0 Å². The molecule has 16 heavy (non-hydrogen) atoms. The maximum Gasteiger partial charge on any atom is 0.312 e. The Kier molecular flexibility index (Phi) is 3.94. The second-order valence-corrected chi connectivity index (χ2v) is 3.72. The van der Waals surface area contributed by atoms with Gasteiger partial charge >= 0.3 is 5.97 Å². The van der Waals surface area contributed by atoms with Crippen molar-refractivity contribution in [2.45, 2.75) is 6.42 Å². The van der Waals surface area contributed by atoms with Gasteiger partial charge in [0.2, 0.25) is 5.91 Å². The van der Waals surface area contributed by atoms with E-state index < -0.39 is 35.6 Å². The van der Waals surface area contributed by atoms with Crippen LogP contribution in [0.4, 0.5) is 14.5 Å². The topological polar surface area (TPSA) is 66.4 Å². The summed E-state index contributed by atoms with van der Waals surface area (Å²) in [5.74, 6) is -3.89. The van der Waals surface area contributed by atoms with Gasteiger partial charge in [-0.05, 0) is 22.0 Å². The van der Waals surface area contributed by atoms with Crippen molar-refractivity contribution in [3.05, 3.63) is 28.2 Å². The standard InChI is InChI=1S/C9H6BrF2NO3/c10-4-1-6(12)7(2-5(4)11)13-8(14)3-9(15)16/h1-2H,3H2,(H,13,14)(H,15,16). The third kappa shape index (κ3) is 3.27. The average molecular weight is 294 g/mol. The van der Waals surface area contributed by atoms with E-state index in [1.54, 1.807) is 0 Å². The fourth-order valence-corrected chi connectivity index (χ4v) is 1.27. The molecule has 7 heteroatoms. The van der Waals surface area contributed by atoms with Crippen molar-refractivity contribution in [1.82, 2.24) is 0 Å². The molecular weight excluding hydrogens is 288 g/mol. The lowest BCUT2D eigenvalue weighted by Crippen LogP contribution is -2.16. The minimum absolute atomic E-state index is 0.0822. The van der Waals surface area contributed by atoms with Crippen LogP contribution in [0.5, 0.6) is 0 Å². The smallest absolute Gasteiger partial charge is 0.312 e. The van der Waals surface area contributed by atoms with Gasteiger partial charge in [0, 0.05) is 6.07 Å². The molecule has 0 spiro atoms. The molecule has 86 valence electrons. The molecule has 0 atom stereocenters. The van der Waals surface area contributed by atoms with Crippen LogP contribution >= 0.6 is 15.9 Å². The lowest BCUT2D eigenvalue weighted by molar-refractivity contribution is -0.139. The number of aliphatic carboxylic acids is 1. The molecule has 0 aromatic heterocycles. The summed E-state index contributed by atoms with van der Waals surface area (Å²) < 4.78 is 26.1. The third-order valence-electron chi connectivity index (χ3n) is 1.60. The molecule has 0 saturated carbocycles. The molecule has 1 aromatic carbocycles. The SMILES string of the molecule is O=C(O)CC(=O)Nc1cc(F)c(Br)cc1F. The van der Waals surface area contributed by atoms with E-state index in [2.05, 4.69) is 15.9 Å². The van der Waals surface area contributed by atoms with Crippen LogP contribution in [0.15, 0.2) is 16.6 Å². The van der Waals surface area contributed by atoms with Gasteiger partial charge in [-0.15, -0.1) is 0 Å². The van der Waals surface area contributed by atoms with Gasteiger partial charge < -0.3 is 10.4 Å². The van der Waals surface area contributed by atoms with Gasteiger partial charge in [-0.3, -0.25) is 9.59 Å². The highest BCUT2D eigenvalue weighted by molar-refractivity contribution is 9.10. The number of benzene rings is 1. The molecule has 0 saturated heterocycles. The van der Waals surface area contributed by atoms with Crippen molar-refractivity contribution in [2.24, 2.45) is 0 Å². The first-order valence-electron chi connectivity index (χ1n) is 4.06. The number of carbonyl (C=O) groups is 2. The number of carboxylic acids is 1. The maximum atomic E-state index is 13.2. The van der Waals surface area contributed by atoms with Gasteiger partial charge in [-0.2, -0.15) is 0 Å². The lowest BCUT2D eigenvalue weighted by atomic mass is 10.3. The molecule has 0 aliphatic heterocycles. The molecule has 0 aliphatic carbocycles. The Morgan fingerprint density at radius 3 is 2.50 bits per heavy atom. The Labute approximate surface area is 97.4 Å². The minimum atomic E-state index is -1.35. The monoisotopic (exact) mass is 293 g/mol. The summed E-state index contributed by atoms with van der Waals surface area (Å²) >= 11 is 2.76. The number of hydrogen-bond acceptors (Lipinski definition) is 2. The number of rotatable bonds is 3. The van der Waals surface area contributed by atoms with Crippen molar-refractivity contribution >= 4 is 33.5 Å². The van der Waals surface area contributed by atoms with Crippen LogP contribution in [0.25, 0.3) is 0 Å². The maximum absolute atomic E-state index is 13.2. The summed E-state index contributed by atoms with van der Waals surface area (Å²) in [5.41, 5.74) is -0.396. The first-order valence-corrected chi connectivity index (χ1v) is 4.85. The summed E-state index contributed by atoms with van der Waals surface area (Å²) in [5, 5.41) is 10.2. The van der Waals surface area contributed by atoms with Crippen LogP contribution < -0.4 is 5.32 Å². The first-order chi connectivity index (χ1) is 7.40. The molecule has 0 fully saturated rings. The van der Waals surface area contributed by atoms with Crippen LogP contribution in [0.2, 0.25) is 0 Å². The van der Waals surface area contributed by atoms with E-state index in [9.17, 15) is 18.4 Å². The van der Waals surface area contributed by atoms with E-state index in [0.717, 1.165) is 12.1 Å². The molecule has 1 rings (SSSR count). The summed E-state index contributed by atoms with van der Waals surface area (Å²) in [6, 6.07) is 1.60. The second kappa shape index (κ2) is 5.02. The van der Waals surface area contributed by atoms with E-state index in [-0.39, 0.29) is 4.47 Å². The molecule has 0 radical (unpaired) electrons. The molecule has 4 nitrogen and oxygen atoms in total. The van der Waals surface area contributed by atoms with Gasteiger partial charge in [0.15, 0.2) is 0 Å². The van der Waals surface area contributed by atoms with E-state index >= 15 is 0 Å². The number of carbonyl (C=O) groups excluding carboxylic acids is 1. The Hall–Kier alpha value is -1.50. The lowest BCUT2D eigenvalue weighted by Gasteiger charge is -2.05. The number of carboxylic acid groups (broad SMARTS) is 1. The van der Waals surface area contributed by atoms with E-state index in [1.165, 1.54) is 0 Å². The predicted octanol–water partition coefficient (Wildman–Crippen LogP) is 2.14. The van der Waals surface area contributed by atoms with Gasteiger partial charge in [0.05, 0.1) is 10.2 Å². The molecule has 0 unspecified atom stereocenters. The Morgan fingerprint density at radius 2 is 1.94 bits per heavy atom. The van der Waals surface area contributed by atoms with Crippen molar-refractivity contribution in [3.8, 4) is 0 Å². The summed E-state index contributed by atoms with van der Waals surface area (Å²) in [6.45, 7) is 0. The Morgan fingerprint density at radius 1 is 1.31 bits per heavy atom. The fourth-order valence-electron chi connectivity index (χ4n) is 0.950. The van der Waals surface area contributed by atoms with Gasteiger partial charge in [0.25, 0.3) is 0 Å². The number of hydrogen-bond donors (Lipinski definition) is 2. The van der Waals surface area contributed by atoms with Gasteiger partial charge in [-0.1, -0.05) is 0 Å². The largest absolute Gasteiger partial charge is 0.481 e. The minimum Gasteiger partial charge on any atom is -0.481 e. The van der Waals surface area contributed by atoms with Crippen LogP contribution in [0.1, 0.15) is 6.42 Å². The summed E-state index contributed by atoms with van der Waals surface area (Å²) in [7, 11) is 0. The number of halogens is 3. The number of nitrogens with one attached hydrogen (secondary N) is 1. The van der Waals surface area contributed by atoms with Crippen molar-refractivity contribution in [3.63, 3.8) is 0 Å². The Balaban J connectivity index is 2.85. The molecular formula is C9H6BrF2NO3. The predicted molar refractivity (Wildman–Crippen MR) is 54.9 cm³/mol.